The first-order valence-corrected chi connectivity index (χ1v) is 7.53. The fourth-order valence-corrected chi connectivity index (χ4v) is 2.19. The summed E-state index contributed by atoms with van der Waals surface area (Å²) >= 11 is 0. The van der Waals surface area contributed by atoms with Gasteiger partial charge in [-0.25, -0.2) is 18.0 Å². The van der Waals surface area contributed by atoms with Crippen LogP contribution in [0.2, 0.25) is 0 Å². The fraction of sp³-hybridized carbons (Fsp3) is 0.278. The van der Waals surface area contributed by atoms with E-state index >= 15 is 0 Å². The molecule has 0 fully saturated rings. The van der Waals surface area contributed by atoms with Crippen molar-refractivity contribution < 1.29 is 27.8 Å². The second kappa shape index (κ2) is 9.08. The number of halogens is 3. The van der Waals surface area contributed by atoms with Gasteiger partial charge in [-0.2, -0.15) is 0 Å². The first-order chi connectivity index (χ1) is 11.5. The first kappa shape index (κ1) is 19.7. The lowest BCUT2D eigenvalue weighted by Crippen LogP contribution is -2.08. The molecule has 0 radical (unpaired) electrons. The Labute approximate surface area is 138 Å². The predicted octanol–water partition coefficient (Wildman–Crippen LogP) is 5.03. The summed E-state index contributed by atoms with van der Waals surface area (Å²) in [6.07, 6.45) is 0. The molecule has 6 heteroatoms. The third-order valence-corrected chi connectivity index (χ3v) is 3.10. The van der Waals surface area contributed by atoms with E-state index in [0.717, 1.165) is 0 Å². The molecule has 0 spiro atoms. The van der Waals surface area contributed by atoms with Gasteiger partial charge in [0.25, 0.3) is 0 Å². The number of hydrogen-bond acceptors (Lipinski definition) is 2. The molecule has 0 aliphatic carbocycles. The number of ether oxygens (including phenoxy) is 1. The van der Waals surface area contributed by atoms with Crippen LogP contribution < -0.4 is 0 Å². The molecule has 0 heterocycles. The van der Waals surface area contributed by atoms with Crippen molar-refractivity contribution in [2.45, 2.75) is 27.4 Å². The van der Waals surface area contributed by atoms with E-state index in [-0.39, 0.29) is 23.3 Å². The Morgan fingerprint density at radius 1 is 1.12 bits per heavy atom. The van der Waals surface area contributed by atoms with Crippen LogP contribution in [0.5, 0.6) is 0 Å². The Hall–Kier alpha value is -2.34. The molecular weight excluding hydrogens is 321 g/mol. The highest BCUT2D eigenvalue weighted by Gasteiger charge is 2.22. The number of carbonyl (C=O) groups is 1. The normalized spacial score (nSPS) is 10.1. The molecule has 2 aromatic carbocycles. The van der Waals surface area contributed by atoms with Crippen LogP contribution >= 0.6 is 0 Å². The van der Waals surface area contributed by atoms with Gasteiger partial charge in [-0.1, -0.05) is 32.0 Å². The molecule has 0 aliphatic heterocycles. The standard InChI is InChI=1S/C16H13F3O3.C2H6/c1-2-22-8-9-4-3-5-11(14(9)16(20)21)15-12(18)6-10(17)7-13(15)19;1-2/h3-7H,2,8H2,1H3,(H,20,21);1-2H3. The van der Waals surface area contributed by atoms with Crippen LogP contribution in [0, 0.1) is 17.5 Å². The largest absolute Gasteiger partial charge is 0.478 e. The van der Waals surface area contributed by atoms with E-state index in [1.807, 2.05) is 13.8 Å². The molecule has 0 atom stereocenters. The van der Waals surface area contributed by atoms with Gasteiger partial charge in [-0.05, 0) is 12.5 Å². The zero-order chi connectivity index (χ0) is 18.3. The number of carboxylic acid groups (broad SMARTS) is 1. The summed E-state index contributed by atoms with van der Waals surface area (Å²) < 4.78 is 46.0. The molecule has 0 unspecified atom stereocenters. The molecule has 2 rings (SSSR count). The van der Waals surface area contributed by atoms with Crippen LogP contribution in [0.15, 0.2) is 30.3 Å². The molecule has 0 aromatic heterocycles. The average Bonchev–Trinajstić information content (AvgIpc) is 2.53. The number of aromatic carboxylic acids is 1. The lowest BCUT2D eigenvalue weighted by atomic mass is 9.94. The van der Waals surface area contributed by atoms with Crippen molar-refractivity contribution in [1.29, 1.82) is 0 Å². The molecule has 0 amide bonds. The van der Waals surface area contributed by atoms with E-state index in [9.17, 15) is 23.1 Å². The third kappa shape index (κ3) is 4.35. The maximum Gasteiger partial charge on any atom is 0.336 e. The molecule has 3 nitrogen and oxygen atoms in total. The van der Waals surface area contributed by atoms with E-state index in [1.165, 1.54) is 18.2 Å². The van der Waals surface area contributed by atoms with Crippen LogP contribution in [0.4, 0.5) is 13.2 Å². The summed E-state index contributed by atoms with van der Waals surface area (Å²) in [6.45, 7) is 6.10. The molecule has 0 saturated heterocycles. The van der Waals surface area contributed by atoms with Crippen molar-refractivity contribution in [3.63, 3.8) is 0 Å². The summed E-state index contributed by atoms with van der Waals surface area (Å²) in [5, 5.41) is 9.37. The molecule has 1 N–H and O–H groups in total. The van der Waals surface area contributed by atoms with Gasteiger partial charge in [0.2, 0.25) is 0 Å². The van der Waals surface area contributed by atoms with Crippen molar-refractivity contribution in [3.8, 4) is 11.1 Å². The van der Waals surface area contributed by atoms with E-state index in [4.69, 9.17) is 4.74 Å². The molecule has 24 heavy (non-hydrogen) atoms. The van der Waals surface area contributed by atoms with Gasteiger partial charge in [0.15, 0.2) is 0 Å². The van der Waals surface area contributed by atoms with Gasteiger partial charge in [0, 0.05) is 24.3 Å². The van der Waals surface area contributed by atoms with Crippen LogP contribution in [-0.2, 0) is 11.3 Å². The monoisotopic (exact) mass is 340 g/mol. The quantitative estimate of drug-likeness (QED) is 0.830. The number of benzene rings is 2. The highest BCUT2D eigenvalue weighted by Crippen LogP contribution is 2.32. The fourth-order valence-electron chi connectivity index (χ4n) is 2.19. The highest BCUT2D eigenvalue weighted by molar-refractivity contribution is 5.97. The molecule has 0 aliphatic rings. The number of hydrogen-bond donors (Lipinski definition) is 1. The Morgan fingerprint density at radius 3 is 2.21 bits per heavy atom. The Bertz CT molecular complexity index is 692. The molecule has 130 valence electrons. The van der Waals surface area contributed by atoms with E-state index in [2.05, 4.69) is 0 Å². The SMILES string of the molecule is CC.CCOCc1cccc(-c2c(F)cc(F)cc2F)c1C(=O)O. The van der Waals surface area contributed by atoms with Crippen molar-refractivity contribution in [2.24, 2.45) is 0 Å². The summed E-state index contributed by atoms with van der Waals surface area (Å²) in [6, 6.07) is 5.27. The zero-order valence-corrected chi connectivity index (χ0v) is 13.7. The Kier molecular flexibility index (Phi) is 7.45. The van der Waals surface area contributed by atoms with Gasteiger partial charge in [0.1, 0.15) is 17.5 Å². The number of rotatable bonds is 5. The van der Waals surface area contributed by atoms with E-state index in [1.54, 1.807) is 6.92 Å². The topological polar surface area (TPSA) is 46.5 Å². The second-order valence-electron chi connectivity index (χ2n) is 4.53. The van der Waals surface area contributed by atoms with Gasteiger partial charge in [-0.3, -0.25) is 0 Å². The molecular formula is C18H19F3O3. The highest BCUT2D eigenvalue weighted by atomic mass is 19.1. The van der Waals surface area contributed by atoms with Gasteiger partial charge >= 0.3 is 5.97 Å². The minimum absolute atomic E-state index is 0.00357. The van der Waals surface area contributed by atoms with Gasteiger partial charge in [-0.15, -0.1) is 0 Å². The van der Waals surface area contributed by atoms with Crippen molar-refractivity contribution in [3.05, 3.63) is 58.9 Å². The maximum atomic E-state index is 13.9. The summed E-state index contributed by atoms with van der Waals surface area (Å²) in [5.74, 6) is -4.73. The first-order valence-electron chi connectivity index (χ1n) is 7.53. The van der Waals surface area contributed by atoms with Gasteiger partial charge in [0.05, 0.1) is 17.7 Å². The summed E-state index contributed by atoms with van der Waals surface area (Å²) in [4.78, 5) is 11.5. The smallest absolute Gasteiger partial charge is 0.336 e. The summed E-state index contributed by atoms with van der Waals surface area (Å²) in [7, 11) is 0. The summed E-state index contributed by atoms with van der Waals surface area (Å²) in [5.41, 5.74) is -0.702. The molecule has 0 saturated carbocycles. The average molecular weight is 340 g/mol. The maximum absolute atomic E-state index is 13.9. The predicted molar refractivity (Wildman–Crippen MR) is 85.4 cm³/mol. The second-order valence-corrected chi connectivity index (χ2v) is 4.53. The van der Waals surface area contributed by atoms with Crippen molar-refractivity contribution in [1.82, 2.24) is 0 Å². The Morgan fingerprint density at radius 2 is 1.71 bits per heavy atom. The van der Waals surface area contributed by atoms with E-state index < -0.39 is 29.0 Å². The van der Waals surface area contributed by atoms with Crippen LogP contribution in [-0.4, -0.2) is 17.7 Å². The van der Waals surface area contributed by atoms with E-state index in [0.29, 0.717) is 18.7 Å². The van der Waals surface area contributed by atoms with Gasteiger partial charge < -0.3 is 9.84 Å². The minimum Gasteiger partial charge on any atom is -0.478 e. The van der Waals surface area contributed by atoms with Crippen LogP contribution in [0.3, 0.4) is 0 Å². The lowest BCUT2D eigenvalue weighted by Gasteiger charge is -2.13. The Balaban J connectivity index is 0.00000139. The van der Waals surface area contributed by atoms with Crippen LogP contribution in [0.25, 0.3) is 11.1 Å². The zero-order valence-electron chi connectivity index (χ0n) is 13.7. The molecule has 0 bridgehead atoms. The number of carboxylic acids is 1. The lowest BCUT2D eigenvalue weighted by molar-refractivity contribution is 0.0689. The third-order valence-electron chi connectivity index (χ3n) is 3.10. The minimum atomic E-state index is -1.34. The van der Waals surface area contributed by atoms with Crippen LogP contribution in [0.1, 0.15) is 36.7 Å². The van der Waals surface area contributed by atoms with Crippen molar-refractivity contribution >= 4 is 5.97 Å². The molecule has 2 aromatic rings. The van der Waals surface area contributed by atoms with Crippen molar-refractivity contribution in [2.75, 3.05) is 6.61 Å².